The monoisotopic (exact) mass is 233 g/mol. The number of likely N-dealkylation sites (tertiary alicyclic amines) is 1. The number of hydrogen-bond acceptors (Lipinski definition) is 3. The summed E-state index contributed by atoms with van der Waals surface area (Å²) in [5, 5.41) is 0. The van der Waals surface area contributed by atoms with Gasteiger partial charge in [0.2, 0.25) is 0 Å². The number of rotatable bonds is 2. The molecule has 0 aromatic rings. The van der Waals surface area contributed by atoms with Crippen LogP contribution < -0.4 is 0 Å². The van der Waals surface area contributed by atoms with Crippen LogP contribution in [0.1, 0.15) is 32.6 Å². The number of hydrogen-bond donors (Lipinski definition) is 0. The summed E-state index contributed by atoms with van der Waals surface area (Å²) in [6, 6.07) is -0.00940. The first-order valence-electron chi connectivity index (χ1n) is 6.57. The molecule has 17 heavy (non-hydrogen) atoms. The van der Waals surface area contributed by atoms with Gasteiger partial charge in [0.25, 0.3) is 0 Å². The lowest BCUT2D eigenvalue weighted by Gasteiger charge is -2.45. The zero-order chi connectivity index (χ0) is 11.9. The van der Waals surface area contributed by atoms with E-state index in [1.54, 1.807) is 0 Å². The van der Waals surface area contributed by atoms with Crippen molar-refractivity contribution in [1.29, 1.82) is 0 Å². The number of carbonyl (C=O) groups is 1. The molecule has 0 aromatic heterocycles. The number of fused-ring (bicyclic) bond motifs is 2. The largest absolute Gasteiger partial charge is 0.461 e. The Bertz CT molecular complexity index is 388. The quantitative estimate of drug-likeness (QED) is 0.684. The molecule has 2 saturated heterocycles. The van der Waals surface area contributed by atoms with E-state index in [9.17, 15) is 4.79 Å². The third-order valence-electron chi connectivity index (χ3n) is 4.42. The number of esters is 1. The van der Waals surface area contributed by atoms with Crippen LogP contribution in [0.2, 0.25) is 0 Å². The van der Waals surface area contributed by atoms with Crippen LogP contribution in [-0.4, -0.2) is 35.1 Å². The summed E-state index contributed by atoms with van der Waals surface area (Å²) in [5.74, 6) is -0.0109. The van der Waals surface area contributed by atoms with Crippen molar-refractivity contribution in [2.24, 2.45) is 0 Å². The van der Waals surface area contributed by atoms with Gasteiger partial charge in [-0.1, -0.05) is 31.2 Å². The van der Waals surface area contributed by atoms with Crippen LogP contribution in [0.25, 0.3) is 0 Å². The second-order valence-electron chi connectivity index (χ2n) is 5.24. The average Bonchev–Trinajstić information content (AvgIpc) is 2.66. The van der Waals surface area contributed by atoms with E-state index in [2.05, 4.69) is 36.1 Å². The molecule has 0 saturated carbocycles. The minimum Gasteiger partial charge on any atom is -0.461 e. The van der Waals surface area contributed by atoms with Crippen molar-refractivity contribution in [2.45, 2.75) is 50.3 Å². The average molecular weight is 233 g/mol. The van der Waals surface area contributed by atoms with Gasteiger partial charge in [0.05, 0.1) is 0 Å². The van der Waals surface area contributed by atoms with E-state index < -0.39 is 0 Å². The maximum Gasteiger partial charge on any atom is 0.323 e. The number of allylic oxidation sites excluding steroid dienone is 2. The van der Waals surface area contributed by atoms with Gasteiger partial charge in [-0.05, 0) is 19.3 Å². The Morgan fingerprint density at radius 2 is 2.41 bits per heavy atom. The number of carbonyl (C=O) groups excluding carboxylic acids is 1. The second kappa shape index (κ2) is 3.98. The number of nitrogens with zero attached hydrogens (tertiary/aromatic N) is 1. The lowest BCUT2D eigenvalue weighted by molar-refractivity contribution is -0.144. The molecule has 2 unspecified atom stereocenters. The highest BCUT2D eigenvalue weighted by Crippen LogP contribution is 2.38. The van der Waals surface area contributed by atoms with E-state index in [1.165, 1.54) is 0 Å². The topological polar surface area (TPSA) is 29.5 Å². The highest BCUT2D eigenvalue weighted by molar-refractivity contribution is 5.78. The summed E-state index contributed by atoms with van der Waals surface area (Å²) in [6.45, 7) is 3.18. The Hall–Kier alpha value is -1.09. The molecule has 0 amide bonds. The maximum absolute atomic E-state index is 11.9. The summed E-state index contributed by atoms with van der Waals surface area (Å²) < 4.78 is 5.37. The van der Waals surface area contributed by atoms with Gasteiger partial charge in [-0.2, -0.15) is 0 Å². The first-order chi connectivity index (χ1) is 8.25. The van der Waals surface area contributed by atoms with Crippen LogP contribution in [0.5, 0.6) is 0 Å². The van der Waals surface area contributed by atoms with Gasteiger partial charge in [0, 0.05) is 18.5 Å². The summed E-state index contributed by atoms with van der Waals surface area (Å²) in [4.78, 5) is 14.2. The van der Waals surface area contributed by atoms with E-state index in [0.717, 1.165) is 32.2 Å². The molecule has 0 N–H and O–H groups in total. The molecule has 92 valence electrons. The molecule has 0 spiro atoms. The van der Waals surface area contributed by atoms with Crippen LogP contribution in [-0.2, 0) is 9.53 Å². The summed E-state index contributed by atoms with van der Waals surface area (Å²) in [5.41, 5.74) is 0.0355. The van der Waals surface area contributed by atoms with E-state index in [4.69, 9.17) is 4.74 Å². The lowest BCUT2D eigenvalue weighted by atomic mass is 9.83. The first-order valence-corrected chi connectivity index (χ1v) is 6.57. The molecule has 2 heterocycles. The maximum atomic E-state index is 11.9. The first kappa shape index (κ1) is 11.0. The van der Waals surface area contributed by atoms with Gasteiger partial charge in [-0.15, -0.1) is 0 Å². The van der Waals surface area contributed by atoms with Gasteiger partial charge < -0.3 is 4.74 Å². The lowest BCUT2D eigenvalue weighted by Crippen LogP contribution is -2.55. The summed E-state index contributed by atoms with van der Waals surface area (Å²) in [6.07, 6.45) is 12.8. The fraction of sp³-hybridized carbons (Fsp3) is 0.643. The zero-order valence-corrected chi connectivity index (χ0v) is 10.3. The molecular formula is C14H19NO2. The molecule has 2 aliphatic heterocycles. The molecule has 3 nitrogen and oxygen atoms in total. The standard InChI is InChI=1S/C14H19NO2/c1-2-14(7-4-3-5-8-14)15-9-6-11-10-12(15)13(16)17-11/h3-5,7,11-12H,2,6,8-10H2,1H3/t11?,12?,14-/m1/s1. The Kier molecular flexibility index (Phi) is 2.58. The smallest absolute Gasteiger partial charge is 0.323 e. The molecule has 1 aliphatic carbocycles. The van der Waals surface area contributed by atoms with Gasteiger partial charge in [-0.25, -0.2) is 0 Å². The Morgan fingerprint density at radius 1 is 1.53 bits per heavy atom. The molecule has 3 aliphatic rings. The molecule has 3 atom stereocenters. The van der Waals surface area contributed by atoms with Crippen molar-refractivity contribution in [1.82, 2.24) is 4.90 Å². The minimum absolute atomic E-state index is 0.00940. The van der Waals surface area contributed by atoms with Crippen LogP contribution >= 0.6 is 0 Å². The van der Waals surface area contributed by atoms with Crippen molar-refractivity contribution >= 4 is 5.97 Å². The van der Waals surface area contributed by atoms with Crippen LogP contribution in [0.3, 0.4) is 0 Å². The molecule has 0 radical (unpaired) electrons. The molecule has 3 rings (SSSR count). The predicted octanol–water partition coefficient (Wildman–Crippen LogP) is 2.04. The van der Waals surface area contributed by atoms with Gasteiger partial charge in [0.15, 0.2) is 0 Å². The van der Waals surface area contributed by atoms with Crippen LogP contribution in [0.4, 0.5) is 0 Å². The summed E-state index contributed by atoms with van der Waals surface area (Å²) in [7, 11) is 0. The predicted molar refractivity (Wildman–Crippen MR) is 65.5 cm³/mol. The van der Waals surface area contributed by atoms with Gasteiger partial charge in [0.1, 0.15) is 12.1 Å². The second-order valence-corrected chi connectivity index (χ2v) is 5.24. The number of ether oxygens (including phenoxy) is 1. The van der Waals surface area contributed by atoms with Crippen molar-refractivity contribution in [2.75, 3.05) is 6.54 Å². The molecular weight excluding hydrogens is 214 g/mol. The zero-order valence-electron chi connectivity index (χ0n) is 10.3. The van der Waals surface area contributed by atoms with E-state index >= 15 is 0 Å². The normalized spacial score (nSPS) is 40.6. The number of piperidine rings is 1. The Balaban J connectivity index is 1.89. The van der Waals surface area contributed by atoms with E-state index in [-0.39, 0.29) is 23.7 Å². The minimum atomic E-state index is -0.0109. The highest BCUT2D eigenvalue weighted by Gasteiger charge is 2.48. The Morgan fingerprint density at radius 3 is 3.12 bits per heavy atom. The molecule has 2 fully saturated rings. The SMILES string of the molecule is CC[C@@]1(N2CCC3CC2C(=O)O3)C=CC=CC1. The Labute approximate surface area is 102 Å². The van der Waals surface area contributed by atoms with Gasteiger partial charge >= 0.3 is 5.97 Å². The molecule has 3 heteroatoms. The van der Waals surface area contributed by atoms with Crippen molar-refractivity contribution < 1.29 is 9.53 Å². The van der Waals surface area contributed by atoms with Gasteiger partial charge in [-0.3, -0.25) is 9.69 Å². The fourth-order valence-electron chi connectivity index (χ4n) is 3.37. The highest BCUT2D eigenvalue weighted by atomic mass is 16.6. The third-order valence-corrected chi connectivity index (χ3v) is 4.42. The molecule has 0 aromatic carbocycles. The van der Waals surface area contributed by atoms with Crippen LogP contribution in [0, 0.1) is 0 Å². The van der Waals surface area contributed by atoms with Crippen molar-refractivity contribution in [3.63, 3.8) is 0 Å². The summed E-state index contributed by atoms with van der Waals surface area (Å²) >= 11 is 0. The van der Waals surface area contributed by atoms with E-state index in [0.29, 0.717) is 0 Å². The van der Waals surface area contributed by atoms with Crippen LogP contribution in [0.15, 0.2) is 24.3 Å². The van der Waals surface area contributed by atoms with E-state index in [1.807, 2.05) is 0 Å². The van der Waals surface area contributed by atoms with Crippen molar-refractivity contribution in [3.8, 4) is 0 Å². The third kappa shape index (κ3) is 1.64. The van der Waals surface area contributed by atoms with Crippen molar-refractivity contribution in [3.05, 3.63) is 24.3 Å². The fourth-order valence-corrected chi connectivity index (χ4v) is 3.37. The molecule has 2 bridgehead atoms.